The number of ketones is 2. The minimum absolute atomic E-state index is 0.0369. The summed E-state index contributed by atoms with van der Waals surface area (Å²) in [6, 6.07) is 8.41. The summed E-state index contributed by atoms with van der Waals surface area (Å²) in [6.45, 7) is 1.62. The van der Waals surface area contributed by atoms with E-state index in [4.69, 9.17) is 4.74 Å². The van der Waals surface area contributed by atoms with Crippen molar-refractivity contribution in [3.05, 3.63) is 63.7 Å². The normalized spacial score (nSPS) is 24.4. The van der Waals surface area contributed by atoms with Gasteiger partial charge in [0.05, 0.1) is 12.7 Å². The molecule has 2 aliphatic rings. The van der Waals surface area contributed by atoms with Crippen molar-refractivity contribution in [2.45, 2.75) is 31.5 Å². The van der Waals surface area contributed by atoms with Crippen molar-refractivity contribution < 1.29 is 24.5 Å². The summed E-state index contributed by atoms with van der Waals surface area (Å²) in [4.78, 5) is 25.8. The maximum atomic E-state index is 13.1. The van der Waals surface area contributed by atoms with Crippen molar-refractivity contribution in [1.82, 2.24) is 0 Å². The standard InChI is InChI=1S/C20H18O5/c1-20(24)8-10-6-7-12-17(15(10)13(21)9-20)19(23)11-4-3-5-14(25-2)16(11)18(12)22/h3-7,18,22,24H,8-9H2,1-2H3/t18?,20-/m1/s1. The first-order valence-corrected chi connectivity index (χ1v) is 8.15. The van der Waals surface area contributed by atoms with E-state index in [0.717, 1.165) is 0 Å². The third-order valence-corrected chi connectivity index (χ3v) is 5.04. The Morgan fingerprint density at radius 2 is 1.88 bits per heavy atom. The van der Waals surface area contributed by atoms with E-state index in [-0.39, 0.29) is 23.6 Å². The molecule has 0 radical (unpaired) electrons. The van der Waals surface area contributed by atoms with Crippen molar-refractivity contribution in [1.29, 1.82) is 0 Å². The molecule has 0 spiro atoms. The van der Waals surface area contributed by atoms with E-state index < -0.39 is 11.7 Å². The molecular formula is C20H18O5. The van der Waals surface area contributed by atoms with Gasteiger partial charge in [-0.25, -0.2) is 0 Å². The Labute approximate surface area is 144 Å². The molecule has 2 N–H and O–H groups in total. The summed E-state index contributed by atoms with van der Waals surface area (Å²) in [6.07, 6.45) is -0.778. The first-order chi connectivity index (χ1) is 11.8. The Hall–Kier alpha value is -2.50. The van der Waals surface area contributed by atoms with Crippen LogP contribution in [0.1, 0.15) is 62.4 Å². The van der Waals surface area contributed by atoms with Gasteiger partial charge in [0, 0.05) is 35.1 Å². The molecule has 5 nitrogen and oxygen atoms in total. The number of Topliss-reactive ketones (excluding diaryl/α,β-unsaturated/α-hetero) is 1. The number of carbonyl (C=O) groups is 2. The van der Waals surface area contributed by atoms with Gasteiger partial charge < -0.3 is 14.9 Å². The third kappa shape index (κ3) is 2.23. The largest absolute Gasteiger partial charge is 0.496 e. The highest BCUT2D eigenvalue weighted by atomic mass is 16.5. The highest BCUT2D eigenvalue weighted by Crippen LogP contribution is 2.43. The van der Waals surface area contributed by atoms with Crippen LogP contribution < -0.4 is 4.74 Å². The summed E-state index contributed by atoms with van der Waals surface area (Å²) in [5.74, 6) is -0.119. The quantitative estimate of drug-likeness (QED) is 0.833. The Kier molecular flexibility index (Phi) is 3.36. The number of rotatable bonds is 1. The summed E-state index contributed by atoms with van der Waals surface area (Å²) in [5.41, 5.74) is 1.31. The van der Waals surface area contributed by atoms with E-state index in [1.54, 1.807) is 37.3 Å². The monoisotopic (exact) mass is 338 g/mol. The lowest BCUT2D eigenvalue weighted by atomic mass is 9.73. The number of hydrogen-bond donors (Lipinski definition) is 2. The molecular weight excluding hydrogens is 320 g/mol. The van der Waals surface area contributed by atoms with Crippen LogP contribution in [0.25, 0.3) is 0 Å². The molecule has 25 heavy (non-hydrogen) atoms. The predicted octanol–water partition coefficient (Wildman–Crippen LogP) is 2.20. The molecule has 0 aromatic heterocycles. The first kappa shape index (κ1) is 16.0. The van der Waals surface area contributed by atoms with Gasteiger partial charge >= 0.3 is 0 Å². The van der Waals surface area contributed by atoms with Gasteiger partial charge in [0.2, 0.25) is 0 Å². The zero-order chi connectivity index (χ0) is 17.9. The minimum atomic E-state index is -1.12. The third-order valence-electron chi connectivity index (χ3n) is 5.04. The second-order valence-corrected chi connectivity index (χ2v) is 6.99. The van der Waals surface area contributed by atoms with Crippen LogP contribution in [0.15, 0.2) is 30.3 Å². The van der Waals surface area contributed by atoms with Gasteiger partial charge in [-0.1, -0.05) is 24.3 Å². The van der Waals surface area contributed by atoms with Crippen molar-refractivity contribution in [3.63, 3.8) is 0 Å². The van der Waals surface area contributed by atoms with Crippen LogP contribution in [0, 0.1) is 0 Å². The SMILES string of the molecule is COc1cccc2c1C(O)c1ccc3c(c1C2=O)C(=O)C[C@](C)(O)C3. The number of carbonyl (C=O) groups excluding carboxylic acids is 2. The lowest BCUT2D eigenvalue weighted by Crippen LogP contribution is -2.37. The predicted molar refractivity (Wildman–Crippen MR) is 90.2 cm³/mol. The van der Waals surface area contributed by atoms with E-state index in [0.29, 0.717) is 40.0 Å². The molecule has 4 rings (SSSR count). The van der Waals surface area contributed by atoms with Crippen LogP contribution in [-0.2, 0) is 6.42 Å². The molecule has 0 amide bonds. The zero-order valence-electron chi connectivity index (χ0n) is 14.0. The molecule has 2 aromatic carbocycles. The number of hydrogen-bond acceptors (Lipinski definition) is 5. The van der Waals surface area contributed by atoms with Gasteiger partial charge in [0.25, 0.3) is 0 Å². The molecule has 1 unspecified atom stereocenters. The molecule has 5 heteroatoms. The minimum Gasteiger partial charge on any atom is -0.496 e. The van der Waals surface area contributed by atoms with Gasteiger partial charge in [-0.2, -0.15) is 0 Å². The van der Waals surface area contributed by atoms with Crippen molar-refractivity contribution in [3.8, 4) is 5.75 Å². The zero-order valence-corrected chi connectivity index (χ0v) is 14.0. The van der Waals surface area contributed by atoms with Crippen LogP contribution in [0.5, 0.6) is 5.75 Å². The summed E-state index contributed by atoms with van der Waals surface area (Å²) in [5, 5.41) is 21.1. The van der Waals surface area contributed by atoms with Gasteiger partial charge in [-0.15, -0.1) is 0 Å². The maximum Gasteiger partial charge on any atom is 0.194 e. The number of methoxy groups -OCH3 is 1. The highest BCUT2D eigenvalue weighted by molar-refractivity contribution is 6.19. The topological polar surface area (TPSA) is 83.8 Å². The number of ether oxygens (including phenoxy) is 1. The van der Waals surface area contributed by atoms with Crippen LogP contribution in [0.3, 0.4) is 0 Å². The van der Waals surface area contributed by atoms with Crippen molar-refractivity contribution in [2.75, 3.05) is 7.11 Å². The number of benzene rings is 2. The van der Waals surface area contributed by atoms with Crippen molar-refractivity contribution >= 4 is 11.6 Å². The van der Waals surface area contributed by atoms with Crippen LogP contribution in [0.4, 0.5) is 0 Å². The Morgan fingerprint density at radius 3 is 2.60 bits per heavy atom. The molecule has 0 fully saturated rings. The first-order valence-electron chi connectivity index (χ1n) is 8.15. The van der Waals surface area contributed by atoms with E-state index in [1.807, 2.05) is 0 Å². The molecule has 0 saturated carbocycles. The molecule has 2 atom stereocenters. The van der Waals surface area contributed by atoms with Crippen LogP contribution in [0.2, 0.25) is 0 Å². The molecule has 0 saturated heterocycles. The average molecular weight is 338 g/mol. The van der Waals surface area contributed by atoms with Crippen molar-refractivity contribution in [2.24, 2.45) is 0 Å². The molecule has 0 aliphatic heterocycles. The Bertz CT molecular complexity index is 926. The lowest BCUT2D eigenvalue weighted by molar-refractivity contribution is 0.0408. The number of aliphatic hydroxyl groups is 2. The summed E-state index contributed by atoms with van der Waals surface area (Å²) in [7, 11) is 1.49. The second kappa shape index (κ2) is 5.25. The number of fused-ring (bicyclic) bond motifs is 4. The van der Waals surface area contributed by atoms with Gasteiger partial charge in [0.15, 0.2) is 11.6 Å². The summed E-state index contributed by atoms with van der Waals surface area (Å²) < 4.78 is 5.30. The fraction of sp³-hybridized carbons (Fsp3) is 0.300. The van der Waals surface area contributed by atoms with E-state index in [1.165, 1.54) is 7.11 Å². The van der Waals surface area contributed by atoms with Gasteiger partial charge in [0.1, 0.15) is 11.9 Å². The number of aliphatic hydroxyl groups excluding tert-OH is 1. The fourth-order valence-electron chi connectivity index (χ4n) is 4.00. The molecule has 2 aliphatic carbocycles. The fourth-order valence-corrected chi connectivity index (χ4v) is 4.00. The molecule has 0 heterocycles. The average Bonchev–Trinajstić information content (AvgIpc) is 2.57. The van der Waals surface area contributed by atoms with E-state index in [2.05, 4.69) is 0 Å². The Balaban J connectivity index is 1.98. The molecule has 128 valence electrons. The van der Waals surface area contributed by atoms with E-state index >= 15 is 0 Å². The van der Waals surface area contributed by atoms with Gasteiger partial charge in [-0.3, -0.25) is 9.59 Å². The smallest absolute Gasteiger partial charge is 0.194 e. The van der Waals surface area contributed by atoms with Gasteiger partial charge in [-0.05, 0) is 24.1 Å². The van der Waals surface area contributed by atoms with Crippen LogP contribution in [-0.4, -0.2) is 34.5 Å². The summed E-state index contributed by atoms with van der Waals surface area (Å²) >= 11 is 0. The Morgan fingerprint density at radius 1 is 1.12 bits per heavy atom. The maximum absolute atomic E-state index is 13.1. The second-order valence-electron chi connectivity index (χ2n) is 6.99. The van der Waals surface area contributed by atoms with Crippen LogP contribution >= 0.6 is 0 Å². The van der Waals surface area contributed by atoms with E-state index in [9.17, 15) is 19.8 Å². The highest BCUT2D eigenvalue weighted by Gasteiger charge is 2.40. The lowest BCUT2D eigenvalue weighted by Gasteiger charge is -2.33. The molecule has 2 aromatic rings. The molecule has 0 bridgehead atoms.